The lowest BCUT2D eigenvalue weighted by molar-refractivity contribution is 1.35. The molecule has 0 amide bonds. The molecular formula is C15H17ClN2. The maximum atomic E-state index is 6.05. The van der Waals surface area contributed by atoms with E-state index in [1.165, 1.54) is 0 Å². The van der Waals surface area contributed by atoms with Gasteiger partial charge in [0.25, 0.3) is 0 Å². The van der Waals surface area contributed by atoms with Gasteiger partial charge in [0, 0.05) is 5.56 Å². The van der Waals surface area contributed by atoms with Crippen LogP contribution in [0.15, 0.2) is 53.5 Å². The monoisotopic (exact) mass is 260 g/mol. The van der Waals surface area contributed by atoms with Gasteiger partial charge >= 0.3 is 0 Å². The van der Waals surface area contributed by atoms with Crippen LogP contribution < -0.4 is 5.73 Å². The number of para-hydroxylation sites is 1. The molecule has 94 valence electrons. The third kappa shape index (κ3) is 3.11. The number of amidine groups is 1. The third-order valence-electron chi connectivity index (χ3n) is 2.78. The smallest absolute Gasteiger partial charge is 0.131 e. The Balaban J connectivity index is 0.00000162. The average molecular weight is 261 g/mol. The number of aryl methyl sites for hydroxylation is 2. The Morgan fingerprint density at radius 2 is 1.44 bits per heavy atom. The van der Waals surface area contributed by atoms with Gasteiger partial charge in [-0.2, -0.15) is 0 Å². The molecule has 0 aliphatic heterocycles. The number of nitrogens with two attached hydrogens (primary N) is 1. The van der Waals surface area contributed by atoms with Gasteiger partial charge in [0.1, 0.15) is 5.84 Å². The van der Waals surface area contributed by atoms with E-state index < -0.39 is 0 Å². The van der Waals surface area contributed by atoms with Gasteiger partial charge in [0.05, 0.1) is 5.69 Å². The Morgan fingerprint density at radius 3 is 2.06 bits per heavy atom. The van der Waals surface area contributed by atoms with Crippen LogP contribution in [0.3, 0.4) is 0 Å². The van der Waals surface area contributed by atoms with Crippen LogP contribution in [0, 0.1) is 13.8 Å². The predicted octanol–water partition coefficient (Wildman–Crippen LogP) is 3.76. The molecule has 2 nitrogen and oxygen atoms in total. The average Bonchev–Trinajstić information content (AvgIpc) is 2.32. The number of benzene rings is 2. The van der Waals surface area contributed by atoms with Crippen LogP contribution in [-0.2, 0) is 0 Å². The lowest BCUT2D eigenvalue weighted by Crippen LogP contribution is -2.14. The summed E-state index contributed by atoms with van der Waals surface area (Å²) < 4.78 is 0. The van der Waals surface area contributed by atoms with E-state index in [0.717, 1.165) is 22.4 Å². The Bertz CT molecular complexity index is 562. The van der Waals surface area contributed by atoms with Crippen molar-refractivity contribution in [3.8, 4) is 0 Å². The Hall–Kier alpha value is -1.80. The van der Waals surface area contributed by atoms with E-state index in [4.69, 9.17) is 5.73 Å². The van der Waals surface area contributed by atoms with Crippen LogP contribution in [0.1, 0.15) is 16.7 Å². The molecular weight excluding hydrogens is 244 g/mol. The molecule has 0 aliphatic rings. The second-order valence-corrected chi connectivity index (χ2v) is 4.10. The standard InChI is InChI=1S/C15H16N2.ClH/c1-11-7-3-5-9-13(11)15(16)17-14-10-6-4-8-12(14)2;/h3-10H,1-2H3,(H2,16,17);1H. The molecule has 0 aliphatic carbocycles. The zero-order valence-electron chi connectivity index (χ0n) is 10.6. The number of hydrogen-bond donors (Lipinski definition) is 1. The van der Waals surface area contributed by atoms with Crippen LogP contribution in [0.2, 0.25) is 0 Å². The van der Waals surface area contributed by atoms with Gasteiger partial charge in [-0.15, -0.1) is 12.4 Å². The van der Waals surface area contributed by atoms with Crippen LogP contribution in [0.5, 0.6) is 0 Å². The molecule has 0 aromatic heterocycles. The maximum absolute atomic E-state index is 6.05. The molecule has 0 heterocycles. The first-order valence-electron chi connectivity index (χ1n) is 5.64. The van der Waals surface area contributed by atoms with Crippen molar-refractivity contribution in [2.45, 2.75) is 13.8 Å². The highest BCUT2D eigenvalue weighted by Gasteiger charge is 2.02. The van der Waals surface area contributed by atoms with E-state index >= 15 is 0 Å². The van der Waals surface area contributed by atoms with Crippen molar-refractivity contribution < 1.29 is 0 Å². The zero-order chi connectivity index (χ0) is 12.3. The summed E-state index contributed by atoms with van der Waals surface area (Å²) in [6.45, 7) is 4.07. The van der Waals surface area contributed by atoms with Gasteiger partial charge in [-0.3, -0.25) is 0 Å². The van der Waals surface area contributed by atoms with Crippen LogP contribution in [-0.4, -0.2) is 5.84 Å². The molecule has 0 radical (unpaired) electrons. The first kappa shape index (κ1) is 14.3. The second kappa shape index (κ2) is 6.22. The van der Waals surface area contributed by atoms with Crippen LogP contribution >= 0.6 is 12.4 Å². The summed E-state index contributed by atoms with van der Waals surface area (Å²) in [7, 11) is 0. The van der Waals surface area contributed by atoms with E-state index in [1.807, 2.05) is 62.4 Å². The van der Waals surface area contributed by atoms with Crippen LogP contribution in [0.25, 0.3) is 0 Å². The fourth-order valence-corrected chi connectivity index (χ4v) is 1.74. The fraction of sp³-hybridized carbons (Fsp3) is 0.133. The molecule has 2 N–H and O–H groups in total. The van der Waals surface area contributed by atoms with Crippen molar-refractivity contribution in [1.29, 1.82) is 0 Å². The molecule has 0 bridgehead atoms. The lowest BCUT2D eigenvalue weighted by atomic mass is 10.1. The van der Waals surface area contributed by atoms with Gasteiger partial charge in [-0.05, 0) is 31.0 Å². The largest absolute Gasteiger partial charge is 0.383 e. The molecule has 0 spiro atoms. The molecule has 0 saturated carbocycles. The summed E-state index contributed by atoms with van der Waals surface area (Å²) in [6, 6.07) is 16.0. The van der Waals surface area contributed by atoms with Gasteiger partial charge in [0.15, 0.2) is 0 Å². The van der Waals surface area contributed by atoms with Crippen molar-refractivity contribution in [3.63, 3.8) is 0 Å². The minimum Gasteiger partial charge on any atom is -0.383 e. The highest BCUT2D eigenvalue weighted by molar-refractivity contribution is 6.00. The summed E-state index contributed by atoms with van der Waals surface area (Å²) in [5, 5.41) is 0. The molecule has 0 fully saturated rings. The number of aliphatic imine (C=N–C) groups is 1. The van der Waals surface area contributed by atoms with Gasteiger partial charge < -0.3 is 5.73 Å². The molecule has 2 rings (SSSR count). The summed E-state index contributed by atoms with van der Waals surface area (Å²) >= 11 is 0. The van der Waals surface area contributed by atoms with Crippen molar-refractivity contribution in [2.75, 3.05) is 0 Å². The number of halogens is 1. The molecule has 2 aromatic rings. The van der Waals surface area contributed by atoms with Gasteiger partial charge in [0.2, 0.25) is 0 Å². The highest BCUT2D eigenvalue weighted by Crippen LogP contribution is 2.18. The zero-order valence-corrected chi connectivity index (χ0v) is 11.4. The normalized spacial score (nSPS) is 10.9. The van der Waals surface area contributed by atoms with Crippen molar-refractivity contribution in [1.82, 2.24) is 0 Å². The van der Waals surface area contributed by atoms with Crippen LogP contribution in [0.4, 0.5) is 5.69 Å². The van der Waals surface area contributed by atoms with E-state index in [9.17, 15) is 0 Å². The third-order valence-corrected chi connectivity index (χ3v) is 2.78. The molecule has 0 atom stereocenters. The van der Waals surface area contributed by atoms with Crippen molar-refractivity contribution >= 4 is 23.9 Å². The number of nitrogens with zero attached hydrogens (tertiary/aromatic N) is 1. The Kier molecular flexibility index (Phi) is 4.93. The molecule has 2 aromatic carbocycles. The molecule has 18 heavy (non-hydrogen) atoms. The summed E-state index contributed by atoms with van der Waals surface area (Å²) in [5.41, 5.74) is 10.2. The first-order valence-corrected chi connectivity index (χ1v) is 5.64. The van der Waals surface area contributed by atoms with Gasteiger partial charge in [-0.25, -0.2) is 4.99 Å². The molecule has 0 saturated heterocycles. The quantitative estimate of drug-likeness (QED) is 0.648. The summed E-state index contributed by atoms with van der Waals surface area (Å²) in [4.78, 5) is 4.48. The molecule has 3 heteroatoms. The SMILES string of the molecule is Cc1ccccc1N=C(N)c1ccccc1C.Cl. The van der Waals surface area contributed by atoms with E-state index in [0.29, 0.717) is 5.84 Å². The highest BCUT2D eigenvalue weighted by atomic mass is 35.5. The Labute approximate surface area is 114 Å². The predicted molar refractivity (Wildman–Crippen MR) is 80.0 cm³/mol. The lowest BCUT2D eigenvalue weighted by Gasteiger charge is -2.06. The minimum atomic E-state index is 0. The van der Waals surface area contributed by atoms with Crippen molar-refractivity contribution in [2.24, 2.45) is 10.7 Å². The minimum absolute atomic E-state index is 0. The van der Waals surface area contributed by atoms with E-state index in [-0.39, 0.29) is 12.4 Å². The van der Waals surface area contributed by atoms with Crippen molar-refractivity contribution in [3.05, 3.63) is 65.2 Å². The summed E-state index contributed by atoms with van der Waals surface area (Å²) in [6.07, 6.45) is 0. The summed E-state index contributed by atoms with van der Waals surface area (Å²) in [5.74, 6) is 0.567. The van der Waals surface area contributed by atoms with E-state index in [2.05, 4.69) is 4.99 Å². The topological polar surface area (TPSA) is 38.4 Å². The van der Waals surface area contributed by atoms with E-state index in [1.54, 1.807) is 0 Å². The second-order valence-electron chi connectivity index (χ2n) is 4.10. The van der Waals surface area contributed by atoms with Gasteiger partial charge in [-0.1, -0.05) is 42.5 Å². The number of hydrogen-bond acceptors (Lipinski definition) is 1. The first-order chi connectivity index (χ1) is 8.18. The Morgan fingerprint density at radius 1 is 0.889 bits per heavy atom. The maximum Gasteiger partial charge on any atom is 0.131 e. The number of rotatable bonds is 2. The molecule has 0 unspecified atom stereocenters. The fourth-order valence-electron chi connectivity index (χ4n) is 1.74.